The summed E-state index contributed by atoms with van der Waals surface area (Å²) in [5.74, 6) is 0. The molecule has 0 heterocycles. The van der Waals surface area contributed by atoms with Crippen LogP contribution in [-0.2, 0) is 9.47 Å². The van der Waals surface area contributed by atoms with Crippen molar-refractivity contribution in [2.24, 2.45) is 17.2 Å². The van der Waals surface area contributed by atoms with Crippen molar-refractivity contribution >= 4 is 0 Å². The maximum absolute atomic E-state index is 8.21. The minimum atomic E-state index is 0.102. The average molecular weight is 251 g/mol. The molecule has 7 N–H and O–H groups in total. The Hall–Kier alpha value is -0.240. The Kier molecular flexibility index (Phi) is 17.7. The number of aliphatic hydroxyl groups is 1. The van der Waals surface area contributed by atoms with Crippen LogP contribution in [0.15, 0.2) is 0 Å². The van der Waals surface area contributed by atoms with Crippen molar-refractivity contribution in [1.29, 1.82) is 0 Å². The largest absolute Gasteiger partial charge is 0.394 e. The topological polar surface area (TPSA) is 117 Å². The minimum absolute atomic E-state index is 0.102. The highest BCUT2D eigenvalue weighted by Gasteiger charge is 1.95. The zero-order chi connectivity index (χ0) is 13.5. The van der Waals surface area contributed by atoms with E-state index in [0.717, 1.165) is 6.42 Å². The molecule has 106 valence electrons. The minimum Gasteiger partial charge on any atom is -0.394 e. The summed E-state index contributed by atoms with van der Waals surface area (Å²) >= 11 is 0. The van der Waals surface area contributed by atoms with E-state index in [4.69, 9.17) is 31.8 Å². The van der Waals surface area contributed by atoms with E-state index in [1.165, 1.54) is 0 Å². The van der Waals surface area contributed by atoms with Crippen LogP contribution in [0.1, 0.15) is 20.3 Å². The van der Waals surface area contributed by atoms with Crippen molar-refractivity contribution in [3.8, 4) is 0 Å². The van der Waals surface area contributed by atoms with E-state index in [-0.39, 0.29) is 18.7 Å². The van der Waals surface area contributed by atoms with Crippen molar-refractivity contribution in [2.75, 3.05) is 39.6 Å². The van der Waals surface area contributed by atoms with Crippen LogP contribution in [-0.4, -0.2) is 56.8 Å². The third-order valence-electron chi connectivity index (χ3n) is 1.49. The molecule has 0 fully saturated rings. The van der Waals surface area contributed by atoms with E-state index in [0.29, 0.717) is 33.0 Å². The van der Waals surface area contributed by atoms with Gasteiger partial charge in [0.1, 0.15) is 0 Å². The van der Waals surface area contributed by atoms with Gasteiger partial charge in [0.25, 0.3) is 0 Å². The molecule has 0 aromatic rings. The molecule has 2 atom stereocenters. The van der Waals surface area contributed by atoms with Crippen molar-refractivity contribution in [3.05, 3.63) is 0 Å². The first-order chi connectivity index (χ1) is 8.04. The first-order valence-corrected chi connectivity index (χ1v) is 6.02. The molecular formula is C11H29N3O3. The number of aliphatic hydroxyl groups excluding tert-OH is 1. The molecule has 0 saturated carbocycles. The summed E-state index contributed by atoms with van der Waals surface area (Å²) in [4.78, 5) is 0. The lowest BCUT2D eigenvalue weighted by Crippen LogP contribution is -2.27. The maximum atomic E-state index is 8.21. The Balaban J connectivity index is 0. The van der Waals surface area contributed by atoms with Gasteiger partial charge in [-0.05, 0) is 26.8 Å². The molecule has 0 bridgehead atoms. The number of nitrogens with two attached hydrogens (primary N) is 3. The lowest BCUT2D eigenvalue weighted by Gasteiger charge is -2.08. The fraction of sp³-hybridized carbons (Fsp3) is 1.00. The molecule has 0 aromatic carbocycles. The zero-order valence-corrected chi connectivity index (χ0v) is 11.1. The highest BCUT2D eigenvalue weighted by molar-refractivity contribution is 4.52. The fourth-order valence-electron chi connectivity index (χ4n) is 0.792. The van der Waals surface area contributed by atoms with Crippen molar-refractivity contribution < 1.29 is 14.6 Å². The first-order valence-electron chi connectivity index (χ1n) is 6.02. The van der Waals surface area contributed by atoms with Gasteiger partial charge in [-0.2, -0.15) is 0 Å². The fourth-order valence-corrected chi connectivity index (χ4v) is 0.792. The van der Waals surface area contributed by atoms with Crippen LogP contribution in [0.5, 0.6) is 0 Å². The number of hydrogen-bond acceptors (Lipinski definition) is 6. The van der Waals surface area contributed by atoms with Crippen molar-refractivity contribution in [2.45, 2.75) is 32.4 Å². The third-order valence-corrected chi connectivity index (χ3v) is 1.49. The second kappa shape index (κ2) is 15.8. The van der Waals surface area contributed by atoms with E-state index < -0.39 is 0 Å². The third kappa shape index (κ3) is 25.8. The normalized spacial score (nSPS) is 13.8. The van der Waals surface area contributed by atoms with E-state index in [2.05, 4.69) is 0 Å². The number of hydrogen-bond donors (Lipinski definition) is 4. The van der Waals surface area contributed by atoms with Crippen molar-refractivity contribution in [3.63, 3.8) is 0 Å². The summed E-state index contributed by atoms with van der Waals surface area (Å²) in [6, 6.07) is 0.229. The molecule has 2 unspecified atom stereocenters. The van der Waals surface area contributed by atoms with Crippen LogP contribution >= 0.6 is 0 Å². The molecular weight excluding hydrogens is 222 g/mol. The van der Waals surface area contributed by atoms with Crippen LogP contribution in [0.4, 0.5) is 0 Å². The Morgan fingerprint density at radius 3 is 1.88 bits per heavy atom. The summed E-state index contributed by atoms with van der Waals surface area (Å²) in [5, 5.41) is 8.21. The summed E-state index contributed by atoms with van der Waals surface area (Å²) < 4.78 is 10.00. The molecule has 0 saturated heterocycles. The highest BCUT2D eigenvalue weighted by Crippen LogP contribution is 1.81. The van der Waals surface area contributed by atoms with Gasteiger partial charge < -0.3 is 31.8 Å². The molecule has 0 amide bonds. The SMILES string of the molecule is CC(N)COCC(C)N.NCCCOCCO. The second-order valence-corrected chi connectivity index (χ2v) is 3.97. The molecule has 0 spiro atoms. The Bertz CT molecular complexity index is 121. The van der Waals surface area contributed by atoms with Gasteiger partial charge in [0.15, 0.2) is 0 Å². The van der Waals surface area contributed by atoms with E-state index in [1.54, 1.807) is 0 Å². The summed E-state index contributed by atoms with van der Waals surface area (Å²) in [6.45, 7) is 6.86. The molecule has 17 heavy (non-hydrogen) atoms. The first kappa shape index (κ1) is 19.1. The predicted octanol–water partition coefficient (Wildman–Crippen LogP) is -0.958. The maximum Gasteiger partial charge on any atom is 0.0697 e. The summed E-state index contributed by atoms with van der Waals surface area (Å²) in [5.41, 5.74) is 16.0. The lowest BCUT2D eigenvalue weighted by molar-refractivity contribution is 0.0917. The monoisotopic (exact) mass is 251 g/mol. The Morgan fingerprint density at radius 2 is 1.53 bits per heavy atom. The summed E-state index contributed by atoms with van der Waals surface area (Å²) in [7, 11) is 0. The van der Waals surface area contributed by atoms with Gasteiger partial charge in [0, 0.05) is 18.7 Å². The predicted molar refractivity (Wildman–Crippen MR) is 69.7 cm³/mol. The number of rotatable bonds is 9. The van der Waals surface area contributed by atoms with Gasteiger partial charge in [-0.3, -0.25) is 0 Å². The standard InChI is InChI=1S/C6H16N2O.C5H13NO2/c1-5(7)3-9-4-6(2)8;6-2-1-4-8-5-3-7/h5-6H,3-4,7-8H2,1-2H3;7H,1-6H2. The summed E-state index contributed by atoms with van der Waals surface area (Å²) in [6.07, 6.45) is 0.875. The van der Waals surface area contributed by atoms with Gasteiger partial charge in [-0.15, -0.1) is 0 Å². The smallest absolute Gasteiger partial charge is 0.0697 e. The Morgan fingerprint density at radius 1 is 1.00 bits per heavy atom. The molecule has 0 radical (unpaired) electrons. The highest BCUT2D eigenvalue weighted by atomic mass is 16.5. The van der Waals surface area contributed by atoms with Gasteiger partial charge in [0.05, 0.1) is 26.4 Å². The molecule has 0 aliphatic rings. The van der Waals surface area contributed by atoms with Crippen LogP contribution in [0.3, 0.4) is 0 Å². The molecule has 0 aliphatic carbocycles. The molecule has 6 heteroatoms. The molecule has 0 rings (SSSR count). The van der Waals surface area contributed by atoms with Crippen LogP contribution < -0.4 is 17.2 Å². The second-order valence-electron chi connectivity index (χ2n) is 3.97. The lowest BCUT2D eigenvalue weighted by atomic mass is 10.4. The van der Waals surface area contributed by atoms with E-state index in [1.807, 2.05) is 13.8 Å². The van der Waals surface area contributed by atoms with Crippen LogP contribution in [0, 0.1) is 0 Å². The van der Waals surface area contributed by atoms with Gasteiger partial charge in [-0.25, -0.2) is 0 Å². The van der Waals surface area contributed by atoms with E-state index >= 15 is 0 Å². The zero-order valence-electron chi connectivity index (χ0n) is 11.1. The number of ether oxygens (including phenoxy) is 2. The molecule has 0 aliphatic heterocycles. The van der Waals surface area contributed by atoms with Gasteiger partial charge >= 0.3 is 0 Å². The average Bonchev–Trinajstić information content (AvgIpc) is 2.24. The molecule has 6 nitrogen and oxygen atoms in total. The molecule has 0 aromatic heterocycles. The Labute approximate surface area is 104 Å². The van der Waals surface area contributed by atoms with Gasteiger partial charge in [0.2, 0.25) is 0 Å². The van der Waals surface area contributed by atoms with Crippen molar-refractivity contribution in [1.82, 2.24) is 0 Å². The van der Waals surface area contributed by atoms with Crippen LogP contribution in [0.25, 0.3) is 0 Å². The quantitative estimate of drug-likeness (QED) is 0.392. The van der Waals surface area contributed by atoms with Crippen LogP contribution in [0.2, 0.25) is 0 Å². The van der Waals surface area contributed by atoms with Gasteiger partial charge in [-0.1, -0.05) is 0 Å². The van der Waals surface area contributed by atoms with E-state index in [9.17, 15) is 0 Å².